The quantitative estimate of drug-likeness (QED) is 0.371. The number of nitrogen functional groups attached to an aromatic ring is 1. The first kappa shape index (κ1) is 23.3. The van der Waals surface area contributed by atoms with Gasteiger partial charge in [-0.05, 0) is 31.5 Å². The van der Waals surface area contributed by atoms with Crippen molar-refractivity contribution in [2.45, 2.75) is 37.3 Å². The summed E-state index contributed by atoms with van der Waals surface area (Å²) in [4.78, 5) is 31.9. The first-order valence-electron chi connectivity index (χ1n) is 9.51. The lowest BCUT2D eigenvalue weighted by Crippen LogP contribution is -2.39. The number of rotatable bonds is 5. The molecule has 3 aromatic rings. The summed E-state index contributed by atoms with van der Waals surface area (Å²) < 4.78 is 79.3. The topological polar surface area (TPSA) is 136 Å². The molecule has 0 saturated heterocycles. The van der Waals surface area contributed by atoms with E-state index in [0.717, 1.165) is 23.7 Å². The Morgan fingerprint density at radius 3 is 2.53 bits per heavy atom. The van der Waals surface area contributed by atoms with Gasteiger partial charge in [0.05, 0.1) is 16.8 Å². The Morgan fingerprint density at radius 1 is 1.24 bits per heavy atom. The van der Waals surface area contributed by atoms with Gasteiger partial charge in [0.2, 0.25) is 5.91 Å². The van der Waals surface area contributed by atoms with Gasteiger partial charge in [0, 0.05) is 11.8 Å². The summed E-state index contributed by atoms with van der Waals surface area (Å²) in [5.74, 6) is -9.24. The number of hydrogen-bond acceptors (Lipinski definition) is 6. The molecule has 0 spiro atoms. The van der Waals surface area contributed by atoms with Crippen molar-refractivity contribution >= 4 is 34.4 Å². The normalized spacial score (nSPS) is 18.3. The van der Waals surface area contributed by atoms with E-state index >= 15 is 0 Å². The molecule has 2 aromatic heterocycles. The minimum Gasteiger partial charge on any atom is -0.480 e. The molecule has 1 amide bonds. The lowest BCUT2D eigenvalue weighted by molar-refractivity contribution is -0.284. The lowest BCUT2D eigenvalue weighted by Gasteiger charge is -2.18. The molecule has 1 aromatic carbocycles. The Kier molecular flexibility index (Phi) is 4.99. The number of nitrogens with one attached hydrogen (secondary N) is 1. The average molecular weight is 488 g/mol. The monoisotopic (exact) mass is 488 g/mol. The van der Waals surface area contributed by atoms with Crippen LogP contribution in [0.3, 0.4) is 0 Å². The van der Waals surface area contributed by atoms with E-state index in [9.17, 15) is 41.0 Å². The molecule has 3 heterocycles. The molecule has 0 aliphatic carbocycles. The molecule has 4 rings (SSSR count). The summed E-state index contributed by atoms with van der Waals surface area (Å²) in [7, 11) is 0. The highest BCUT2D eigenvalue weighted by Crippen LogP contribution is 2.41. The summed E-state index contributed by atoms with van der Waals surface area (Å²) in [6.45, 7) is 1.10. The Labute approximate surface area is 185 Å². The van der Waals surface area contributed by atoms with Gasteiger partial charge in [0.25, 0.3) is 5.95 Å². The van der Waals surface area contributed by atoms with Gasteiger partial charge in [-0.2, -0.15) is 41.7 Å². The molecule has 0 saturated carbocycles. The Balaban J connectivity index is 1.83. The molecule has 180 valence electrons. The second kappa shape index (κ2) is 7.30. The van der Waals surface area contributed by atoms with Crippen LogP contribution in [0.15, 0.2) is 18.2 Å². The maximum Gasteiger partial charge on any atom is 0.453 e. The lowest BCUT2D eigenvalue weighted by atomic mass is 9.85. The van der Waals surface area contributed by atoms with Gasteiger partial charge in [-0.15, -0.1) is 0 Å². The van der Waals surface area contributed by atoms with Crippen LogP contribution in [0.25, 0.3) is 16.9 Å². The SMILES string of the molecule is CC1(C(=O)O)C(=O)Nc2nc(-n3nc(CCC(F)(F)C(F)(F)F)c4cc(F)ccc43)nc(N)c21. The number of carbonyl (C=O) groups excluding carboxylic acids is 1. The van der Waals surface area contributed by atoms with E-state index in [1.54, 1.807) is 0 Å². The van der Waals surface area contributed by atoms with Gasteiger partial charge in [-0.1, -0.05) is 0 Å². The van der Waals surface area contributed by atoms with Crippen LogP contribution in [0.5, 0.6) is 0 Å². The first-order chi connectivity index (χ1) is 15.7. The van der Waals surface area contributed by atoms with E-state index in [0.29, 0.717) is 0 Å². The average Bonchev–Trinajstić information content (AvgIpc) is 3.21. The molecular weight excluding hydrogens is 474 g/mol. The second-order valence-electron chi connectivity index (χ2n) is 7.74. The van der Waals surface area contributed by atoms with Crippen molar-refractivity contribution in [3.63, 3.8) is 0 Å². The van der Waals surface area contributed by atoms with Crippen LogP contribution >= 0.6 is 0 Å². The molecule has 34 heavy (non-hydrogen) atoms. The van der Waals surface area contributed by atoms with Gasteiger partial charge in [-0.25, -0.2) is 4.39 Å². The van der Waals surface area contributed by atoms with Crippen molar-refractivity contribution in [1.82, 2.24) is 19.7 Å². The standard InChI is InChI=1S/C19H14F6N6O3/c1-17(15(33)34)11-12(26)27-16(29-13(11)28-14(17)32)31-10-3-2-7(20)6-8(10)9(30-31)4-5-18(21,22)19(23,24)25/h2-3,6H,4-5H2,1H3,(H,33,34)(H3,26,27,28,29,32). The number of nitrogens with two attached hydrogens (primary N) is 1. The fourth-order valence-corrected chi connectivity index (χ4v) is 3.60. The maximum atomic E-state index is 13.8. The molecule has 15 heteroatoms. The van der Waals surface area contributed by atoms with Gasteiger partial charge in [0.1, 0.15) is 17.5 Å². The predicted octanol–water partition coefficient (Wildman–Crippen LogP) is 2.96. The van der Waals surface area contributed by atoms with Crippen molar-refractivity contribution in [1.29, 1.82) is 0 Å². The summed E-state index contributed by atoms with van der Waals surface area (Å²) in [6, 6.07) is 3.07. The number of aromatic nitrogens is 4. The van der Waals surface area contributed by atoms with Gasteiger partial charge in [-0.3, -0.25) is 9.59 Å². The predicted molar refractivity (Wildman–Crippen MR) is 104 cm³/mol. The number of aliphatic carboxylic acids is 1. The molecule has 4 N–H and O–H groups in total. The highest BCUT2D eigenvalue weighted by atomic mass is 19.4. The second-order valence-corrected chi connectivity index (χ2v) is 7.74. The zero-order valence-corrected chi connectivity index (χ0v) is 17.0. The van der Waals surface area contributed by atoms with Gasteiger partial charge >= 0.3 is 18.1 Å². The van der Waals surface area contributed by atoms with Crippen LogP contribution in [0.1, 0.15) is 24.6 Å². The van der Waals surface area contributed by atoms with Crippen molar-refractivity contribution in [3.8, 4) is 5.95 Å². The number of fused-ring (bicyclic) bond motifs is 2. The van der Waals surface area contributed by atoms with E-state index in [-0.39, 0.29) is 33.9 Å². The smallest absolute Gasteiger partial charge is 0.453 e. The molecule has 0 bridgehead atoms. The minimum absolute atomic E-state index is 0.0522. The third kappa shape index (κ3) is 3.38. The highest BCUT2D eigenvalue weighted by molar-refractivity contribution is 6.19. The Morgan fingerprint density at radius 2 is 1.91 bits per heavy atom. The first-order valence-corrected chi connectivity index (χ1v) is 9.51. The third-order valence-electron chi connectivity index (χ3n) is 5.54. The number of carboxylic acids is 1. The van der Waals surface area contributed by atoms with E-state index in [4.69, 9.17) is 5.73 Å². The number of halogens is 6. The van der Waals surface area contributed by atoms with Crippen molar-refractivity contribution < 1.29 is 41.0 Å². The van der Waals surface area contributed by atoms with Crippen molar-refractivity contribution in [2.24, 2.45) is 0 Å². The molecule has 0 fully saturated rings. The van der Waals surface area contributed by atoms with Crippen LogP contribution in [-0.4, -0.2) is 48.8 Å². The van der Waals surface area contributed by atoms with Crippen LogP contribution in [0.2, 0.25) is 0 Å². The van der Waals surface area contributed by atoms with Crippen LogP contribution < -0.4 is 11.1 Å². The number of aryl methyl sites for hydroxylation is 1. The number of carboxylic acid groups (broad SMARTS) is 1. The van der Waals surface area contributed by atoms with E-state index in [1.165, 1.54) is 6.07 Å². The van der Waals surface area contributed by atoms with Crippen molar-refractivity contribution in [3.05, 3.63) is 35.3 Å². The number of benzene rings is 1. The fourth-order valence-electron chi connectivity index (χ4n) is 3.60. The number of nitrogens with zero attached hydrogens (tertiary/aromatic N) is 4. The highest BCUT2D eigenvalue weighted by Gasteiger charge is 2.57. The van der Waals surface area contributed by atoms with Crippen LogP contribution in [0, 0.1) is 5.82 Å². The Hall–Kier alpha value is -3.91. The van der Waals surface area contributed by atoms with E-state index in [2.05, 4.69) is 20.4 Å². The molecule has 1 aliphatic rings. The molecule has 9 nitrogen and oxygen atoms in total. The van der Waals surface area contributed by atoms with Gasteiger partial charge in [0.15, 0.2) is 5.41 Å². The summed E-state index contributed by atoms with van der Waals surface area (Å²) in [5, 5.41) is 15.7. The van der Waals surface area contributed by atoms with E-state index in [1.807, 2.05) is 0 Å². The van der Waals surface area contributed by atoms with Crippen molar-refractivity contribution in [2.75, 3.05) is 11.1 Å². The summed E-state index contributed by atoms with van der Waals surface area (Å²) >= 11 is 0. The Bertz CT molecular complexity index is 1350. The summed E-state index contributed by atoms with van der Waals surface area (Å²) in [5.41, 5.74) is 3.36. The van der Waals surface area contributed by atoms with Gasteiger partial charge < -0.3 is 16.2 Å². The third-order valence-corrected chi connectivity index (χ3v) is 5.54. The number of carbonyl (C=O) groups is 2. The zero-order valence-electron chi connectivity index (χ0n) is 17.0. The minimum atomic E-state index is -5.77. The molecule has 1 aliphatic heterocycles. The largest absolute Gasteiger partial charge is 0.480 e. The van der Waals surface area contributed by atoms with Crippen LogP contribution in [-0.2, 0) is 21.4 Å². The zero-order chi connectivity index (χ0) is 25.2. The molecule has 1 atom stereocenters. The number of alkyl halides is 5. The number of hydrogen-bond donors (Lipinski definition) is 3. The molecule has 0 radical (unpaired) electrons. The van der Waals surface area contributed by atoms with Crippen LogP contribution in [0.4, 0.5) is 38.0 Å². The number of amides is 1. The molecular formula is C19H14F6N6O3. The van der Waals surface area contributed by atoms with E-state index < -0.39 is 53.9 Å². The summed E-state index contributed by atoms with van der Waals surface area (Å²) in [6.07, 6.45) is -8.28. The fraction of sp³-hybridized carbons (Fsp3) is 0.316. The number of anilines is 2. The maximum absolute atomic E-state index is 13.8. The molecule has 1 unspecified atom stereocenters.